The van der Waals surface area contributed by atoms with Crippen LogP contribution in [0.4, 0.5) is 4.79 Å². The van der Waals surface area contributed by atoms with Crippen LogP contribution in [0.2, 0.25) is 0 Å². The average Bonchev–Trinajstić information content (AvgIpc) is 2.98. The largest absolute Gasteiger partial charge is 1.00 e. The van der Waals surface area contributed by atoms with Gasteiger partial charge in [-0.15, -0.1) is 6.07 Å². The SMILES string of the molecule is CN1C(=O)NC(=O)C12Cc1cc3ccc([C-]=O)nc3cc1C2.[Rb+]. The fourth-order valence-corrected chi connectivity index (χ4v) is 3.38. The molecule has 110 valence electrons. The van der Waals surface area contributed by atoms with E-state index in [2.05, 4.69) is 10.3 Å². The number of pyridine rings is 1. The van der Waals surface area contributed by atoms with E-state index in [9.17, 15) is 14.4 Å². The second-order valence-electron chi connectivity index (χ2n) is 5.82. The normalized spacial score (nSPS) is 22.2. The number of likely N-dealkylation sites (N-methyl/N-ethyl adjacent to an activating group) is 1. The van der Waals surface area contributed by atoms with Crippen LogP contribution in [0.15, 0.2) is 24.3 Å². The molecular formula is C16H12N3O3Rb. The van der Waals surface area contributed by atoms with Crippen LogP contribution in [0.3, 0.4) is 0 Å². The van der Waals surface area contributed by atoms with E-state index >= 15 is 0 Å². The van der Waals surface area contributed by atoms with Crippen LogP contribution in [0.1, 0.15) is 16.8 Å². The summed E-state index contributed by atoms with van der Waals surface area (Å²) in [5, 5.41) is 3.28. The van der Waals surface area contributed by atoms with Crippen LogP contribution in [-0.4, -0.2) is 40.7 Å². The van der Waals surface area contributed by atoms with Gasteiger partial charge in [0.1, 0.15) is 5.54 Å². The summed E-state index contributed by atoms with van der Waals surface area (Å²) in [7, 11) is 1.64. The summed E-state index contributed by atoms with van der Waals surface area (Å²) < 4.78 is 0. The molecule has 1 fully saturated rings. The van der Waals surface area contributed by atoms with E-state index in [-0.39, 0.29) is 75.8 Å². The summed E-state index contributed by atoms with van der Waals surface area (Å²) in [6.07, 6.45) is 2.73. The maximum atomic E-state index is 12.2. The van der Waals surface area contributed by atoms with E-state index < -0.39 is 5.54 Å². The molecular weight excluding hydrogens is 368 g/mol. The smallest absolute Gasteiger partial charge is 0.417 e. The Morgan fingerprint density at radius 3 is 2.52 bits per heavy atom. The zero-order chi connectivity index (χ0) is 15.5. The van der Waals surface area contributed by atoms with Crippen molar-refractivity contribution in [2.24, 2.45) is 0 Å². The third-order valence-electron chi connectivity index (χ3n) is 4.67. The predicted molar refractivity (Wildman–Crippen MR) is 78.0 cm³/mol. The quantitative estimate of drug-likeness (QED) is 0.447. The van der Waals surface area contributed by atoms with Crippen LogP contribution in [0.5, 0.6) is 0 Å². The number of hydrogen-bond donors (Lipinski definition) is 1. The fourth-order valence-electron chi connectivity index (χ4n) is 3.38. The maximum absolute atomic E-state index is 12.2. The first-order valence-electron chi connectivity index (χ1n) is 6.93. The van der Waals surface area contributed by atoms with Crippen molar-refractivity contribution in [2.45, 2.75) is 18.4 Å². The van der Waals surface area contributed by atoms with Gasteiger partial charge in [-0.3, -0.25) is 15.1 Å². The Balaban J connectivity index is 0.00000156. The molecule has 3 amide bonds. The summed E-state index contributed by atoms with van der Waals surface area (Å²) >= 11 is 0. The van der Waals surface area contributed by atoms with E-state index in [4.69, 9.17) is 0 Å². The Kier molecular flexibility index (Phi) is 4.29. The Bertz CT molecular complexity index is 867. The molecule has 1 atom stereocenters. The number of hydrogen-bond acceptors (Lipinski definition) is 4. The molecule has 2 aliphatic rings. The van der Waals surface area contributed by atoms with E-state index in [1.807, 2.05) is 18.2 Å². The van der Waals surface area contributed by atoms with Gasteiger partial charge in [-0.05, 0) is 22.6 Å². The van der Waals surface area contributed by atoms with Crippen LogP contribution < -0.4 is 63.5 Å². The standard InChI is InChI=1S/C16H12N3O3.Rb/c1-19-15(22)18-14(21)16(19)6-10-4-9-2-3-12(8-20)17-13(9)5-11(10)7-16;/h2-5H,6-7H2,1H3,(H,18,21,22);/q-1;+1. The second-order valence-corrected chi connectivity index (χ2v) is 5.82. The molecule has 1 spiro atoms. The van der Waals surface area contributed by atoms with Crippen LogP contribution in [0, 0.1) is 0 Å². The molecule has 4 rings (SSSR count). The number of carbonyl (C=O) groups excluding carboxylic acids is 3. The van der Waals surface area contributed by atoms with E-state index in [1.165, 1.54) is 4.90 Å². The van der Waals surface area contributed by atoms with Crippen molar-refractivity contribution in [2.75, 3.05) is 7.05 Å². The molecule has 0 saturated carbocycles. The zero-order valence-electron chi connectivity index (χ0n) is 12.8. The summed E-state index contributed by atoms with van der Waals surface area (Å²) in [5.41, 5.74) is 2.14. The molecule has 2 aromatic rings. The summed E-state index contributed by atoms with van der Waals surface area (Å²) in [4.78, 5) is 40.4. The number of benzene rings is 1. The topological polar surface area (TPSA) is 79.4 Å². The van der Waals surface area contributed by atoms with Gasteiger partial charge in [0, 0.05) is 26.2 Å². The third kappa shape index (κ3) is 2.43. The van der Waals surface area contributed by atoms with Crippen molar-refractivity contribution in [1.82, 2.24) is 15.2 Å². The zero-order valence-corrected chi connectivity index (χ0v) is 17.8. The monoisotopic (exact) mass is 379 g/mol. The van der Waals surface area contributed by atoms with Crippen molar-refractivity contribution in [3.05, 3.63) is 41.1 Å². The minimum Gasteiger partial charge on any atom is -0.417 e. The van der Waals surface area contributed by atoms with E-state index in [1.54, 1.807) is 19.4 Å². The third-order valence-corrected chi connectivity index (χ3v) is 4.67. The van der Waals surface area contributed by atoms with Crippen molar-refractivity contribution in [3.63, 3.8) is 0 Å². The fraction of sp³-hybridized carbons (Fsp3) is 0.250. The maximum Gasteiger partial charge on any atom is 1.00 e. The Labute approximate surface area is 181 Å². The molecule has 1 aromatic heterocycles. The molecule has 7 heteroatoms. The number of fused-ring (bicyclic) bond motifs is 2. The van der Waals surface area contributed by atoms with Gasteiger partial charge in [0.15, 0.2) is 0 Å². The molecule has 1 aliphatic carbocycles. The van der Waals surface area contributed by atoms with Gasteiger partial charge < -0.3 is 9.69 Å². The first kappa shape index (κ1) is 16.9. The van der Waals surface area contributed by atoms with Crippen molar-refractivity contribution < 1.29 is 72.6 Å². The number of imide groups is 1. The van der Waals surface area contributed by atoms with Gasteiger partial charge >= 0.3 is 64.2 Å². The number of nitrogens with zero attached hydrogens (tertiary/aromatic N) is 2. The molecule has 0 radical (unpaired) electrons. The van der Waals surface area contributed by atoms with E-state index in [0.29, 0.717) is 18.4 Å². The van der Waals surface area contributed by atoms with Gasteiger partial charge in [-0.2, -0.15) is 6.07 Å². The number of urea groups is 1. The van der Waals surface area contributed by atoms with Crippen molar-refractivity contribution >= 4 is 29.1 Å². The number of aromatic nitrogens is 1. The molecule has 1 saturated heterocycles. The molecule has 1 unspecified atom stereocenters. The molecule has 1 aromatic carbocycles. The number of amides is 3. The minimum absolute atomic E-state index is 0. The molecule has 2 heterocycles. The number of nitrogens with one attached hydrogen (secondary N) is 1. The average molecular weight is 380 g/mol. The minimum atomic E-state index is -0.837. The Morgan fingerprint density at radius 2 is 1.91 bits per heavy atom. The molecule has 23 heavy (non-hydrogen) atoms. The number of carbonyl (C=O) groups is 2. The van der Waals surface area contributed by atoms with Gasteiger partial charge in [-0.25, -0.2) is 4.79 Å². The van der Waals surface area contributed by atoms with Crippen molar-refractivity contribution in [3.8, 4) is 0 Å². The number of rotatable bonds is 1. The Hall–Kier alpha value is -0.955. The first-order valence-corrected chi connectivity index (χ1v) is 6.93. The van der Waals surface area contributed by atoms with Crippen LogP contribution >= 0.6 is 0 Å². The molecule has 1 N–H and O–H groups in total. The van der Waals surface area contributed by atoms with Crippen LogP contribution in [-0.2, 0) is 22.4 Å². The van der Waals surface area contributed by atoms with Crippen molar-refractivity contribution in [1.29, 1.82) is 0 Å². The van der Waals surface area contributed by atoms with E-state index in [0.717, 1.165) is 16.5 Å². The van der Waals surface area contributed by atoms with Gasteiger partial charge in [-0.1, -0.05) is 11.8 Å². The predicted octanol–water partition coefficient (Wildman–Crippen LogP) is -2.28. The summed E-state index contributed by atoms with van der Waals surface area (Å²) in [5.74, 6) is -0.255. The van der Waals surface area contributed by atoms with Gasteiger partial charge in [0.2, 0.25) is 0 Å². The Morgan fingerprint density at radius 1 is 1.22 bits per heavy atom. The summed E-state index contributed by atoms with van der Waals surface area (Å²) in [6.45, 7) is 0. The van der Waals surface area contributed by atoms with Crippen LogP contribution in [0.25, 0.3) is 10.9 Å². The first-order chi connectivity index (χ1) is 10.5. The molecule has 0 bridgehead atoms. The summed E-state index contributed by atoms with van der Waals surface area (Å²) in [6, 6.07) is 6.94. The van der Waals surface area contributed by atoms with Gasteiger partial charge in [0.25, 0.3) is 5.91 Å². The molecule has 1 aliphatic heterocycles. The second kappa shape index (κ2) is 5.84. The van der Waals surface area contributed by atoms with Gasteiger partial charge in [0.05, 0.1) is 5.52 Å². The molecule has 6 nitrogen and oxygen atoms in total.